The number of hydrogen-bond acceptors (Lipinski definition) is 4. The van der Waals surface area contributed by atoms with Crippen molar-refractivity contribution in [2.75, 3.05) is 12.0 Å². The summed E-state index contributed by atoms with van der Waals surface area (Å²) in [7, 11) is 0. The molecule has 98 valence electrons. The number of nitrogens with zero attached hydrogens (tertiary/aromatic N) is 1. The molecule has 0 unspecified atom stereocenters. The molecule has 0 atom stereocenters. The van der Waals surface area contributed by atoms with Crippen LogP contribution in [-0.2, 0) is 0 Å². The van der Waals surface area contributed by atoms with Gasteiger partial charge < -0.3 is 10.7 Å². The first-order valence-electron chi connectivity index (χ1n) is 6.28. The summed E-state index contributed by atoms with van der Waals surface area (Å²) >= 11 is 0. The second kappa shape index (κ2) is 4.94. The topological polar surface area (TPSA) is 80.0 Å². The van der Waals surface area contributed by atoms with E-state index in [2.05, 4.69) is 29.6 Å². The van der Waals surface area contributed by atoms with Crippen molar-refractivity contribution < 1.29 is 4.79 Å². The molecule has 0 aromatic carbocycles. The van der Waals surface area contributed by atoms with Gasteiger partial charge in [-0.15, -0.1) is 0 Å². The van der Waals surface area contributed by atoms with E-state index in [1.165, 1.54) is 19.0 Å². The Bertz CT molecular complexity index is 440. The minimum atomic E-state index is -0.122. The fraction of sp³-hybridized carbons (Fsp3) is 0.538. The zero-order valence-electron chi connectivity index (χ0n) is 10.9. The van der Waals surface area contributed by atoms with Crippen LogP contribution in [-0.4, -0.2) is 17.4 Å². The summed E-state index contributed by atoms with van der Waals surface area (Å²) in [5, 5.41) is 2.98. The van der Waals surface area contributed by atoms with Gasteiger partial charge in [0.05, 0.1) is 11.3 Å². The van der Waals surface area contributed by atoms with Crippen LogP contribution in [0.5, 0.6) is 0 Å². The first-order valence-corrected chi connectivity index (χ1v) is 6.28. The number of anilines is 1. The third kappa shape index (κ3) is 2.46. The number of hydrogen-bond donors (Lipinski definition) is 3. The van der Waals surface area contributed by atoms with Crippen LogP contribution in [0.3, 0.4) is 0 Å². The van der Waals surface area contributed by atoms with Crippen LogP contribution in [0.25, 0.3) is 0 Å². The van der Waals surface area contributed by atoms with Crippen LogP contribution < -0.4 is 16.6 Å². The normalized spacial score (nSPS) is 16.4. The molecule has 0 bridgehead atoms. The molecule has 1 aromatic heterocycles. The number of carbonyl (C=O) groups excluding carboxylic acids is 1. The number of nitrogens with one attached hydrogen (secondary N) is 2. The lowest BCUT2D eigenvalue weighted by Gasteiger charge is -2.20. The monoisotopic (exact) mass is 248 g/mol. The Morgan fingerprint density at radius 2 is 2.28 bits per heavy atom. The smallest absolute Gasteiger partial charge is 0.255 e. The average molecular weight is 248 g/mol. The fourth-order valence-electron chi connectivity index (χ4n) is 2.17. The van der Waals surface area contributed by atoms with Crippen molar-refractivity contribution >= 4 is 11.6 Å². The molecule has 5 heteroatoms. The summed E-state index contributed by atoms with van der Waals surface area (Å²) in [4.78, 5) is 16.0. The van der Waals surface area contributed by atoms with E-state index >= 15 is 0 Å². The van der Waals surface area contributed by atoms with Crippen LogP contribution in [0.1, 0.15) is 37.0 Å². The Balaban J connectivity index is 2.00. The van der Waals surface area contributed by atoms with Gasteiger partial charge in [-0.25, -0.2) is 0 Å². The number of nitrogens with two attached hydrogens (primary N) is 1. The van der Waals surface area contributed by atoms with Crippen molar-refractivity contribution in [3.05, 3.63) is 24.0 Å². The van der Waals surface area contributed by atoms with E-state index in [0.717, 1.165) is 6.54 Å². The van der Waals surface area contributed by atoms with Crippen molar-refractivity contribution in [1.29, 1.82) is 0 Å². The number of carbonyl (C=O) groups is 1. The molecule has 18 heavy (non-hydrogen) atoms. The SMILES string of the molecule is CC(C)C1(CNC(=O)c2cnccc2NN)CC1. The van der Waals surface area contributed by atoms with Crippen molar-refractivity contribution in [1.82, 2.24) is 10.3 Å². The van der Waals surface area contributed by atoms with Gasteiger partial charge in [0.2, 0.25) is 0 Å². The Morgan fingerprint density at radius 1 is 1.56 bits per heavy atom. The van der Waals surface area contributed by atoms with Crippen LogP contribution in [0, 0.1) is 11.3 Å². The maximum absolute atomic E-state index is 12.1. The molecule has 0 saturated heterocycles. The average Bonchev–Trinajstić information content (AvgIpc) is 3.17. The third-order valence-corrected chi connectivity index (χ3v) is 3.94. The molecule has 0 spiro atoms. The Morgan fingerprint density at radius 3 is 2.83 bits per heavy atom. The molecule has 1 aromatic rings. The highest BCUT2D eigenvalue weighted by Crippen LogP contribution is 2.51. The molecule has 2 rings (SSSR count). The lowest BCUT2D eigenvalue weighted by Crippen LogP contribution is -2.33. The molecule has 1 aliphatic rings. The summed E-state index contributed by atoms with van der Waals surface area (Å²) in [6, 6.07) is 1.68. The number of amides is 1. The van der Waals surface area contributed by atoms with Gasteiger partial charge in [0.15, 0.2) is 0 Å². The second-order valence-electron chi connectivity index (χ2n) is 5.27. The highest BCUT2D eigenvalue weighted by molar-refractivity contribution is 5.99. The number of nitrogen functional groups attached to an aromatic ring is 1. The van der Waals surface area contributed by atoms with E-state index in [4.69, 9.17) is 5.84 Å². The van der Waals surface area contributed by atoms with E-state index in [1.807, 2.05) is 0 Å². The summed E-state index contributed by atoms with van der Waals surface area (Å²) < 4.78 is 0. The second-order valence-corrected chi connectivity index (χ2v) is 5.27. The lowest BCUT2D eigenvalue weighted by atomic mass is 9.92. The van der Waals surface area contributed by atoms with Gasteiger partial charge in [0.1, 0.15) is 0 Å². The molecule has 1 aliphatic carbocycles. The standard InChI is InChI=1S/C13H20N4O/c1-9(2)13(4-5-13)8-16-12(18)10-7-15-6-3-11(10)17-14/h3,6-7,9H,4-5,8,14H2,1-2H3,(H,15,17)(H,16,18). The van der Waals surface area contributed by atoms with E-state index in [1.54, 1.807) is 12.3 Å². The molecular weight excluding hydrogens is 228 g/mol. The van der Waals surface area contributed by atoms with Crippen LogP contribution in [0.2, 0.25) is 0 Å². The van der Waals surface area contributed by atoms with Crippen molar-refractivity contribution in [3.63, 3.8) is 0 Å². The Hall–Kier alpha value is -1.62. The molecular formula is C13H20N4O. The van der Waals surface area contributed by atoms with Gasteiger partial charge in [0.25, 0.3) is 5.91 Å². The first kappa shape index (κ1) is 12.8. The first-order chi connectivity index (χ1) is 8.59. The van der Waals surface area contributed by atoms with Gasteiger partial charge in [-0.3, -0.25) is 15.6 Å². The summed E-state index contributed by atoms with van der Waals surface area (Å²) in [5.74, 6) is 5.85. The maximum atomic E-state index is 12.1. The lowest BCUT2D eigenvalue weighted by molar-refractivity contribution is 0.0940. The van der Waals surface area contributed by atoms with Crippen LogP contribution in [0.4, 0.5) is 5.69 Å². The molecule has 0 radical (unpaired) electrons. The number of aromatic nitrogens is 1. The minimum Gasteiger partial charge on any atom is -0.351 e. The molecule has 1 amide bonds. The highest BCUT2D eigenvalue weighted by Gasteiger charge is 2.45. The largest absolute Gasteiger partial charge is 0.351 e. The molecule has 1 saturated carbocycles. The summed E-state index contributed by atoms with van der Waals surface area (Å²) in [6.07, 6.45) is 5.52. The van der Waals surface area contributed by atoms with Gasteiger partial charge in [-0.1, -0.05) is 13.8 Å². The van der Waals surface area contributed by atoms with Crippen molar-refractivity contribution in [2.24, 2.45) is 17.2 Å². The molecule has 0 aliphatic heterocycles. The van der Waals surface area contributed by atoms with E-state index < -0.39 is 0 Å². The fourth-order valence-corrected chi connectivity index (χ4v) is 2.17. The highest BCUT2D eigenvalue weighted by atomic mass is 16.1. The van der Waals surface area contributed by atoms with E-state index in [-0.39, 0.29) is 5.91 Å². The van der Waals surface area contributed by atoms with E-state index in [9.17, 15) is 4.79 Å². The zero-order valence-corrected chi connectivity index (χ0v) is 10.9. The Kier molecular flexibility index (Phi) is 3.52. The molecule has 1 fully saturated rings. The minimum absolute atomic E-state index is 0.122. The summed E-state index contributed by atoms with van der Waals surface area (Å²) in [5.41, 5.74) is 3.89. The van der Waals surface area contributed by atoms with Gasteiger partial charge >= 0.3 is 0 Å². The maximum Gasteiger partial charge on any atom is 0.255 e. The zero-order chi connectivity index (χ0) is 13.2. The van der Waals surface area contributed by atoms with Gasteiger partial charge in [0, 0.05) is 18.9 Å². The predicted molar refractivity (Wildman–Crippen MR) is 70.9 cm³/mol. The van der Waals surface area contributed by atoms with E-state index in [0.29, 0.717) is 22.6 Å². The quantitative estimate of drug-likeness (QED) is 0.545. The predicted octanol–water partition coefficient (Wildman–Crippen LogP) is 1.53. The van der Waals surface area contributed by atoms with Gasteiger partial charge in [-0.2, -0.15) is 0 Å². The van der Waals surface area contributed by atoms with Crippen molar-refractivity contribution in [3.8, 4) is 0 Å². The van der Waals surface area contributed by atoms with Gasteiger partial charge in [-0.05, 0) is 30.2 Å². The van der Waals surface area contributed by atoms with Crippen LogP contribution >= 0.6 is 0 Å². The number of pyridine rings is 1. The molecule has 5 nitrogen and oxygen atoms in total. The molecule has 4 N–H and O–H groups in total. The molecule has 1 heterocycles. The number of hydrazine groups is 1. The summed E-state index contributed by atoms with van der Waals surface area (Å²) in [6.45, 7) is 5.13. The number of rotatable bonds is 5. The van der Waals surface area contributed by atoms with Crippen molar-refractivity contribution in [2.45, 2.75) is 26.7 Å². The van der Waals surface area contributed by atoms with Crippen LogP contribution in [0.15, 0.2) is 18.5 Å². The Labute approximate surface area is 107 Å². The third-order valence-electron chi connectivity index (χ3n) is 3.94.